The Bertz CT molecular complexity index is 330. The third-order valence-electron chi connectivity index (χ3n) is 2.90. The average Bonchev–Trinajstić information content (AvgIpc) is 2.76. The molecule has 0 aromatic rings. The fourth-order valence-corrected chi connectivity index (χ4v) is 1.96. The Balaban J connectivity index is 2.23. The Hall–Kier alpha value is -1.29. The van der Waals surface area contributed by atoms with Crippen LogP contribution in [0.5, 0.6) is 0 Å². The Morgan fingerprint density at radius 2 is 2.00 bits per heavy atom. The van der Waals surface area contributed by atoms with Gasteiger partial charge in [-0.1, -0.05) is 12.8 Å². The Morgan fingerprint density at radius 3 is 2.50 bits per heavy atom. The van der Waals surface area contributed by atoms with Gasteiger partial charge in [0.1, 0.15) is 12.0 Å². The van der Waals surface area contributed by atoms with E-state index in [2.05, 4.69) is 10.1 Å². The number of amides is 1. The van der Waals surface area contributed by atoms with Gasteiger partial charge in [-0.05, 0) is 12.8 Å². The van der Waals surface area contributed by atoms with Crippen LogP contribution in [0.4, 0.5) is 13.2 Å². The van der Waals surface area contributed by atoms with E-state index >= 15 is 0 Å². The van der Waals surface area contributed by atoms with E-state index in [1.807, 2.05) is 6.07 Å². The summed E-state index contributed by atoms with van der Waals surface area (Å²) < 4.78 is 39.6. The van der Waals surface area contributed by atoms with Crippen molar-refractivity contribution in [1.82, 2.24) is 5.32 Å². The Morgan fingerprint density at radius 1 is 1.39 bits per heavy atom. The number of rotatable bonds is 5. The maximum Gasteiger partial charge on any atom is 0.411 e. The van der Waals surface area contributed by atoms with E-state index in [-0.39, 0.29) is 13.2 Å². The Labute approximate surface area is 103 Å². The largest absolute Gasteiger partial charge is 0.411 e. The number of hydrogen-bond acceptors (Lipinski definition) is 3. The predicted octanol–water partition coefficient (Wildman–Crippen LogP) is 1.77. The molecule has 1 rings (SSSR count). The van der Waals surface area contributed by atoms with Gasteiger partial charge in [0.2, 0.25) is 5.91 Å². The molecular weight excluding hydrogens is 249 g/mol. The fraction of sp³-hybridized carbons (Fsp3) is 0.818. The summed E-state index contributed by atoms with van der Waals surface area (Å²) in [6.45, 7) is -1.56. The number of nitrogens with one attached hydrogen (secondary N) is 1. The predicted molar refractivity (Wildman–Crippen MR) is 56.4 cm³/mol. The van der Waals surface area contributed by atoms with E-state index in [4.69, 9.17) is 5.26 Å². The molecule has 0 bridgehead atoms. The molecule has 1 saturated carbocycles. The molecule has 0 aliphatic heterocycles. The summed E-state index contributed by atoms with van der Waals surface area (Å²) in [5.74, 6) is -0.405. The number of nitrogens with zero attached hydrogens (tertiary/aromatic N) is 1. The van der Waals surface area contributed by atoms with Crippen molar-refractivity contribution in [2.75, 3.05) is 19.8 Å². The minimum Gasteiger partial charge on any atom is -0.370 e. The zero-order chi connectivity index (χ0) is 13.6. The lowest BCUT2D eigenvalue weighted by Crippen LogP contribution is -2.40. The van der Waals surface area contributed by atoms with E-state index in [1.54, 1.807) is 0 Å². The number of halogens is 3. The molecular formula is C11H15F3N2O2. The molecule has 0 aromatic carbocycles. The van der Waals surface area contributed by atoms with Crippen molar-refractivity contribution in [3.05, 3.63) is 0 Å². The summed E-state index contributed by atoms with van der Waals surface area (Å²) in [7, 11) is 0. The van der Waals surface area contributed by atoms with Crippen molar-refractivity contribution >= 4 is 5.91 Å². The summed E-state index contributed by atoms with van der Waals surface area (Å²) in [5, 5.41) is 11.5. The number of ether oxygens (including phenoxy) is 1. The van der Waals surface area contributed by atoms with Crippen LogP contribution in [-0.2, 0) is 9.53 Å². The molecule has 18 heavy (non-hydrogen) atoms. The first-order chi connectivity index (χ1) is 8.40. The number of alkyl halides is 3. The third-order valence-corrected chi connectivity index (χ3v) is 2.90. The van der Waals surface area contributed by atoms with Gasteiger partial charge in [-0.2, -0.15) is 18.4 Å². The van der Waals surface area contributed by atoms with Gasteiger partial charge < -0.3 is 10.1 Å². The summed E-state index contributed by atoms with van der Waals surface area (Å²) in [5.41, 5.74) is -0.996. The molecule has 0 unspecified atom stereocenters. The summed E-state index contributed by atoms with van der Waals surface area (Å²) in [6.07, 6.45) is -1.68. The maximum atomic E-state index is 11.7. The quantitative estimate of drug-likeness (QED) is 0.770. The van der Waals surface area contributed by atoms with Gasteiger partial charge >= 0.3 is 6.18 Å². The van der Waals surface area contributed by atoms with E-state index in [0.717, 1.165) is 12.8 Å². The SMILES string of the molecule is N#CC1(C(=O)NCCOCC(F)(F)F)CCCC1. The van der Waals surface area contributed by atoms with E-state index in [9.17, 15) is 18.0 Å². The second-order valence-corrected chi connectivity index (χ2v) is 4.32. The lowest BCUT2D eigenvalue weighted by molar-refractivity contribution is -0.173. The molecule has 4 nitrogen and oxygen atoms in total. The van der Waals surface area contributed by atoms with Gasteiger partial charge in [-0.15, -0.1) is 0 Å². The summed E-state index contributed by atoms with van der Waals surface area (Å²) in [4.78, 5) is 11.7. The van der Waals surface area contributed by atoms with Crippen molar-refractivity contribution in [2.45, 2.75) is 31.9 Å². The molecule has 1 aliphatic carbocycles. The molecule has 1 N–H and O–H groups in total. The molecule has 102 valence electrons. The first-order valence-corrected chi connectivity index (χ1v) is 5.74. The number of carbonyl (C=O) groups is 1. The van der Waals surface area contributed by atoms with Crippen LogP contribution in [0.1, 0.15) is 25.7 Å². The minimum atomic E-state index is -4.36. The zero-order valence-electron chi connectivity index (χ0n) is 9.85. The van der Waals surface area contributed by atoms with Crippen LogP contribution in [0.25, 0.3) is 0 Å². The van der Waals surface area contributed by atoms with Crippen LogP contribution >= 0.6 is 0 Å². The Kier molecular flexibility index (Phi) is 4.96. The molecule has 1 amide bonds. The normalized spacial score (nSPS) is 18.3. The minimum absolute atomic E-state index is 0.0155. The number of carbonyl (C=O) groups excluding carboxylic acids is 1. The van der Waals surface area contributed by atoms with Gasteiger partial charge in [0, 0.05) is 6.54 Å². The van der Waals surface area contributed by atoms with Crippen LogP contribution in [0.15, 0.2) is 0 Å². The molecule has 0 radical (unpaired) electrons. The first-order valence-electron chi connectivity index (χ1n) is 5.74. The van der Waals surface area contributed by atoms with Gasteiger partial charge in [0.15, 0.2) is 0 Å². The van der Waals surface area contributed by atoms with Crippen molar-refractivity contribution in [1.29, 1.82) is 5.26 Å². The number of hydrogen-bond donors (Lipinski definition) is 1. The number of nitriles is 1. The zero-order valence-corrected chi connectivity index (χ0v) is 9.85. The molecule has 0 saturated heterocycles. The topological polar surface area (TPSA) is 62.1 Å². The lowest BCUT2D eigenvalue weighted by Gasteiger charge is -2.19. The highest BCUT2D eigenvalue weighted by Crippen LogP contribution is 2.37. The van der Waals surface area contributed by atoms with E-state index in [1.165, 1.54) is 0 Å². The summed E-state index contributed by atoms with van der Waals surface area (Å²) >= 11 is 0. The highest BCUT2D eigenvalue weighted by atomic mass is 19.4. The van der Waals surface area contributed by atoms with Crippen molar-refractivity contribution < 1.29 is 22.7 Å². The highest BCUT2D eigenvalue weighted by Gasteiger charge is 2.41. The lowest BCUT2D eigenvalue weighted by atomic mass is 9.87. The van der Waals surface area contributed by atoms with Gasteiger partial charge in [-0.3, -0.25) is 4.79 Å². The molecule has 1 fully saturated rings. The molecule has 0 heterocycles. The smallest absolute Gasteiger partial charge is 0.370 e. The van der Waals surface area contributed by atoms with Crippen LogP contribution in [0.3, 0.4) is 0 Å². The van der Waals surface area contributed by atoms with Crippen LogP contribution in [-0.4, -0.2) is 31.8 Å². The van der Waals surface area contributed by atoms with Crippen molar-refractivity contribution in [2.24, 2.45) is 5.41 Å². The van der Waals surface area contributed by atoms with E-state index in [0.29, 0.717) is 12.8 Å². The molecule has 0 aromatic heterocycles. The highest BCUT2D eigenvalue weighted by molar-refractivity contribution is 5.85. The third kappa shape index (κ3) is 4.18. The van der Waals surface area contributed by atoms with E-state index < -0.39 is 24.1 Å². The molecule has 0 spiro atoms. The van der Waals surface area contributed by atoms with Gasteiger partial charge in [0.05, 0.1) is 12.7 Å². The van der Waals surface area contributed by atoms with Gasteiger partial charge in [-0.25, -0.2) is 0 Å². The molecule has 7 heteroatoms. The molecule has 0 atom stereocenters. The van der Waals surface area contributed by atoms with Crippen molar-refractivity contribution in [3.63, 3.8) is 0 Å². The van der Waals surface area contributed by atoms with Crippen LogP contribution in [0, 0.1) is 16.7 Å². The molecule has 1 aliphatic rings. The second-order valence-electron chi connectivity index (χ2n) is 4.32. The first kappa shape index (κ1) is 14.8. The summed E-state index contributed by atoms with van der Waals surface area (Å²) in [6, 6.07) is 2.01. The van der Waals surface area contributed by atoms with Gasteiger partial charge in [0.25, 0.3) is 0 Å². The monoisotopic (exact) mass is 264 g/mol. The van der Waals surface area contributed by atoms with Crippen molar-refractivity contribution in [3.8, 4) is 6.07 Å². The standard InChI is InChI=1S/C11H15F3N2O2/c12-11(13,14)8-18-6-5-16-9(17)10(7-15)3-1-2-4-10/h1-6,8H2,(H,16,17). The maximum absolute atomic E-state index is 11.7. The second kappa shape index (κ2) is 6.05. The average molecular weight is 264 g/mol. The van der Waals surface area contributed by atoms with Crippen LogP contribution in [0.2, 0.25) is 0 Å². The fourth-order valence-electron chi connectivity index (χ4n) is 1.96. The van der Waals surface area contributed by atoms with Crippen LogP contribution < -0.4 is 5.32 Å².